The maximum Gasteiger partial charge on any atom is 0.00669 e. The Morgan fingerprint density at radius 3 is 1.18 bits per heavy atom. The van der Waals surface area contributed by atoms with Gasteiger partial charge in [-0.05, 0) is 38.5 Å². The minimum atomic E-state index is 0. The quantitative estimate of drug-likeness (QED) is 0.606. The summed E-state index contributed by atoms with van der Waals surface area (Å²) in [4.78, 5) is 0. The molecule has 1 fully saturated rings. The van der Waals surface area contributed by atoms with E-state index in [2.05, 4.69) is 33.0 Å². The van der Waals surface area contributed by atoms with Crippen molar-refractivity contribution in [1.82, 2.24) is 5.32 Å². The number of hydrogen-bond acceptors (Lipinski definition) is 1. The van der Waals surface area contributed by atoms with Gasteiger partial charge in [0, 0.05) is 20.5 Å². The van der Waals surface area contributed by atoms with Gasteiger partial charge in [-0.2, -0.15) is 0 Å². The molecule has 0 aliphatic carbocycles. The summed E-state index contributed by atoms with van der Waals surface area (Å²) in [5.41, 5.74) is 0. The van der Waals surface area contributed by atoms with Crippen molar-refractivity contribution in [2.45, 2.75) is 87.7 Å². The Hall–Kier alpha value is 0.0249. The van der Waals surface area contributed by atoms with Gasteiger partial charge >= 0.3 is 0 Å². The zero-order valence-corrected chi connectivity index (χ0v) is 12.8. The highest BCUT2D eigenvalue weighted by Crippen LogP contribution is 2.22. The Labute approximate surface area is 114 Å². The van der Waals surface area contributed by atoms with E-state index in [0.717, 1.165) is 11.8 Å². The van der Waals surface area contributed by atoms with E-state index in [1.54, 1.807) is 0 Å². The lowest BCUT2D eigenvalue weighted by Gasteiger charge is -2.21. The van der Waals surface area contributed by atoms with Gasteiger partial charge in [0.2, 0.25) is 0 Å². The zero-order chi connectivity index (χ0) is 12.4. The summed E-state index contributed by atoms with van der Waals surface area (Å²) in [6.45, 7) is 17.3. The first-order valence-corrected chi connectivity index (χ1v) is 6.87. The summed E-state index contributed by atoms with van der Waals surface area (Å²) in [5, 5.41) is 3.64. The van der Waals surface area contributed by atoms with Gasteiger partial charge in [-0.1, -0.05) is 49.0 Å². The molecule has 4 atom stereocenters. The van der Waals surface area contributed by atoms with Gasteiger partial charge in [-0.15, -0.1) is 0 Å². The minimum Gasteiger partial charge on any atom is -0.311 e. The summed E-state index contributed by atoms with van der Waals surface area (Å²) in [5.74, 6) is 1.70. The monoisotopic (exact) mass is 242 g/mol. The predicted molar refractivity (Wildman–Crippen MR) is 84.8 cm³/mol. The van der Waals surface area contributed by atoms with Crippen LogP contribution in [0.1, 0.15) is 75.7 Å². The Kier molecular flexibility index (Phi) is 24.3. The predicted octanol–water partition coefficient (Wildman–Crippen LogP) is 4.73. The van der Waals surface area contributed by atoms with Gasteiger partial charge in [0.1, 0.15) is 0 Å². The molecule has 1 nitrogen and oxygen atoms in total. The molecule has 1 aliphatic rings. The number of hydrogen-bond donors (Lipinski definition) is 1. The maximum atomic E-state index is 3.64. The second kappa shape index (κ2) is 16.0. The van der Waals surface area contributed by atoms with Crippen LogP contribution >= 0.6 is 0 Å². The van der Waals surface area contributed by atoms with E-state index in [4.69, 9.17) is 0 Å². The Morgan fingerprint density at radius 2 is 0.941 bits per heavy atom. The number of nitrogens with one attached hydrogen (secondary N) is 1. The first kappa shape index (κ1) is 25.8. The van der Waals surface area contributed by atoms with E-state index < -0.39 is 0 Å². The third-order valence-corrected chi connectivity index (χ3v) is 3.31. The van der Waals surface area contributed by atoms with Gasteiger partial charge in [-0.25, -0.2) is 0 Å². The highest BCUT2D eigenvalue weighted by atomic mass is 15.0. The number of rotatable bonds is 0. The summed E-state index contributed by atoms with van der Waals surface area (Å²) >= 11 is 0. The summed E-state index contributed by atoms with van der Waals surface area (Å²) < 4.78 is 0. The second-order valence-electron chi connectivity index (χ2n) is 4.28. The molecule has 1 heterocycles. The SMILES string of the molecule is C.CC.CC.CC1CCC(C)C(C)NC1C.[B]. The van der Waals surface area contributed by atoms with Crippen LogP contribution in [0.4, 0.5) is 0 Å². The first-order chi connectivity index (χ1) is 7.11. The van der Waals surface area contributed by atoms with E-state index in [0.29, 0.717) is 12.1 Å². The van der Waals surface area contributed by atoms with Crippen LogP contribution in [-0.2, 0) is 0 Å². The fraction of sp³-hybridized carbons (Fsp3) is 1.00. The van der Waals surface area contributed by atoms with Crippen molar-refractivity contribution in [1.29, 1.82) is 0 Å². The molecule has 1 aliphatic heterocycles. The molecule has 0 aromatic rings. The molecule has 105 valence electrons. The average molecular weight is 242 g/mol. The molecule has 1 rings (SSSR count). The average Bonchev–Trinajstić information content (AvgIpc) is 2.39. The van der Waals surface area contributed by atoms with Crippen molar-refractivity contribution in [2.75, 3.05) is 0 Å². The third kappa shape index (κ3) is 10.9. The molecule has 0 saturated carbocycles. The summed E-state index contributed by atoms with van der Waals surface area (Å²) in [6.07, 6.45) is 2.78. The van der Waals surface area contributed by atoms with Crippen LogP contribution in [0, 0.1) is 11.8 Å². The Morgan fingerprint density at radius 1 is 0.706 bits per heavy atom. The summed E-state index contributed by atoms with van der Waals surface area (Å²) in [7, 11) is 0. The molecule has 0 amide bonds. The van der Waals surface area contributed by atoms with Gasteiger partial charge in [0.25, 0.3) is 0 Å². The van der Waals surface area contributed by atoms with Crippen molar-refractivity contribution in [3.8, 4) is 0 Å². The molecule has 0 aromatic carbocycles. The molecular formula is C15H37BN. The fourth-order valence-electron chi connectivity index (χ4n) is 1.77. The van der Waals surface area contributed by atoms with Crippen LogP contribution in [0.15, 0.2) is 0 Å². The first-order valence-electron chi connectivity index (χ1n) is 6.87. The van der Waals surface area contributed by atoms with E-state index in [9.17, 15) is 0 Å². The van der Waals surface area contributed by atoms with Gasteiger partial charge in [0.15, 0.2) is 0 Å². The zero-order valence-electron chi connectivity index (χ0n) is 12.8. The lowest BCUT2D eigenvalue weighted by atomic mass is 9.95. The van der Waals surface area contributed by atoms with Crippen LogP contribution in [0.25, 0.3) is 0 Å². The smallest absolute Gasteiger partial charge is 0.00669 e. The largest absolute Gasteiger partial charge is 0.311 e. The molecule has 0 bridgehead atoms. The van der Waals surface area contributed by atoms with Crippen LogP contribution in [0.3, 0.4) is 0 Å². The van der Waals surface area contributed by atoms with Crippen molar-refractivity contribution < 1.29 is 0 Å². The summed E-state index contributed by atoms with van der Waals surface area (Å²) in [6, 6.07) is 1.41. The van der Waals surface area contributed by atoms with Gasteiger partial charge in [-0.3, -0.25) is 0 Å². The Bertz CT molecular complexity index is 114. The molecule has 4 unspecified atom stereocenters. The highest BCUT2D eigenvalue weighted by Gasteiger charge is 2.23. The van der Waals surface area contributed by atoms with Crippen LogP contribution in [-0.4, -0.2) is 20.5 Å². The van der Waals surface area contributed by atoms with E-state index in [1.165, 1.54) is 12.8 Å². The van der Waals surface area contributed by atoms with Gasteiger partial charge in [0.05, 0.1) is 0 Å². The molecular weight excluding hydrogens is 205 g/mol. The topological polar surface area (TPSA) is 12.0 Å². The maximum absolute atomic E-state index is 3.64. The van der Waals surface area contributed by atoms with Crippen molar-refractivity contribution in [3.63, 3.8) is 0 Å². The van der Waals surface area contributed by atoms with E-state index in [1.807, 2.05) is 27.7 Å². The molecule has 3 radical (unpaired) electrons. The molecule has 0 aromatic heterocycles. The lowest BCUT2D eigenvalue weighted by molar-refractivity contribution is 0.371. The molecule has 1 saturated heterocycles. The van der Waals surface area contributed by atoms with Crippen molar-refractivity contribution in [2.24, 2.45) is 11.8 Å². The molecule has 17 heavy (non-hydrogen) atoms. The molecule has 2 heteroatoms. The van der Waals surface area contributed by atoms with Crippen molar-refractivity contribution in [3.05, 3.63) is 0 Å². The normalized spacial score (nSPS) is 31.1. The van der Waals surface area contributed by atoms with Crippen LogP contribution < -0.4 is 5.32 Å². The van der Waals surface area contributed by atoms with Crippen LogP contribution in [0.2, 0.25) is 0 Å². The fourth-order valence-corrected chi connectivity index (χ4v) is 1.77. The van der Waals surface area contributed by atoms with Gasteiger partial charge < -0.3 is 5.32 Å². The minimum absolute atomic E-state index is 0. The molecule has 0 spiro atoms. The van der Waals surface area contributed by atoms with Crippen LogP contribution in [0.5, 0.6) is 0 Å². The Balaban J connectivity index is -0.000000128. The second-order valence-corrected chi connectivity index (χ2v) is 4.28. The third-order valence-electron chi connectivity index (χ3n) is 3.31. The van der Waals surface area contributed by atoms with E-state index in [-0.39, 0.29) is 15.8 Å². The standard InChI is InChI=1S/C10H21N.2C2H6.CH4.B/c1-7-5-6-8(2)10(4)11-9(7)3;2*1-2;;/h7-11H,5-6H2,1-4H3;2*1-2H3;1H4;. The highest BCUT2D eigenvalue weighted by molar-refractivity contribution is 5.75. The molecule has 1 N–H and O–H groups in total. The lowest BCUT2D eigenvalue weighted by Crippen LogP contribution is -2.38. The van der Waals surface area contributed by atoms with E-state index >= 15 is 0 Å². The van der Waals surface area contributed by atoms with Crippen molar-refractivity contribution >= 4 is 8.41 Å².